The fraction of sp³-hybridized carbons (Fsp3) is 0.750. The van der Waals surface area contributed by atoms with Crippen LogP contribution >= 0.6 is 0 Å². The smallest absolute Gasteiger partial charge is 0.306 e. The monoisotopic (exact) mass is 631 g/mol. The molecule has 5 nitrogen and oxygen atoms in total. The molecule has 260 valence electrons. The molecular formula is C40H70O5. The van der Waals surface area contributed by atoms with Crippen molar-refractivity contribution in [2.75, 3.05) is 13.2 Å². The van der Waals surface area contributed by atoms with Gasteiger partial charge in [0, 0.05) is 12.8 Å². The zero-order valence-corrected chi connectivity index (χ0v) is 29.4. The van der Waals surface area contributed by atoms with Crippen LogP contribution in [0.4, 0.5) is 0 Å². The molecule has 0 aliphatic carbocycles. The lowest BCUT2D eigenvalue weighted by Crippen LogP contribution is -2.28. The number of ether oxygens (including phenoxy) is 2. The Morgan fingerprint density at radius 1 is 0.533 bits per heavy atom. The molecule has 0 bridgehead atoms. The molecule has 1 unspecified atom stereocenters. The highest BCUT2D eigenvalue weighted by Crippen LogP contribution is 2.12. The molecule has 1 N–H and O–H groups in total. The standard InChI is InChI=1S/C40H70O5/c1-3-5-7-9-11-13-15-17-19-21-22-24-26-28-30-32-34-39(42)44-37-38(36-41)45-40(43)35-33-31-29-27-25-23-20-18-16-14-12-10-8-6-4-2/h6,8,12,14,18-21,38,41H,3-5,7,9-11,13,15-17,22-37H2,1-2H3/b8-6-,14-12-,20-18-,21-19-. The van der Waals surface area contributed by atoms with Gasteiger partial charge >= 0.3 is 11.9 Å². The number of hydrogen-bond acceptors (Lipinski definition) is 5. The first-order chi connectivity index (χ1) is 22.1. The lowest BCUT2D eigenvalue weighted by atomic mass is 10.1. The van der Waals surface area contributed by atoms with Gasteiger partial charge in [-0.05, 0) is 70.6 Å². The van der Waals surface area contributed by atoms with Gasteiger partial charge in [-0.25, -0.2) is 0 Å². The average molecular weight is 631 g/mol. The van der Waals surface area contributed by atoms with E-state index < -0.39 is 6.10 Å². The normalized spacial score (nSPS) is 12.7. The van der Waals surface area contributed by atoms with Gasteiger partial charge in [0.1, 0.15) is 6.61 Å². The number of hydrogen-bond donors (Lipinski definition) is 1. The molecule has 45 heavy (non-hydrogen) atoms. The molecule has 0 aromatic rings. The van der Waals surface area contributed by atoms with E-state index in [1.54, 1.807) is 0 Å². The van der Waals surface area contributed by atoms with E-state index in [0.29, 0.717) is 12.8 Å². The largest absolute Gasteiger partial charge is 0.462 e. The van der Waals surface area contributed by atoms with E-state index in [9.17, 15) is 14.7 Å². The van der Waals surface area contributed by atoms with E-state index in [1.807, 2.05) is 0 Å². The Kier molecular flexibility index (Phi) is 34.6. The first-order valence-corrected chi connectivity index (χ1v) is 18.7. The zero-order valence-electron chi connectivity index (χ0n) is 29.4. The maximum atomic E-state index is 12.1. The van der Waals surface area contributed by atoms with Crippen LogP contribution in [0.5, 0.6) is 0 Å². The predicted octanol–water partition coefficient (Wildman–Crippen LogP) is 11.5. The number of esters is 2. The van der Waals surface area contributed by atoms with Gasteiger partial charge in [-0.15, -0.1) is 0 Å². The number of carbonyl (C=O) groups excluding carboxylic acids is 2. The Hall–Kier alpha value is -2.14. The molecule has 0 aliphatic rings. The van der Waals surface area contributed by atoms with Gasteiger partial charge in [0.15, 0.2) is 6.10 Å². The fourth-order valence-electron chi connectivity index (χ4n) is 5.03. The van der Waals surface area contributed by atoms with Crippen molar-refractivity contribution in [3.8, 4) is 0 Å². The molecule has 0 aromatic carbocycles. The average Bonchev–Trinajstić information content (AvgIpc) is 3.04. The lowest BCUT2D eigenvalue weighted by Gasteiger charge is -2.15. The summed E-state index contributed by atoms with van der Waals surface area (Å²) in [5, 5.41) is 9.53. The van der Waals surface area contributed by atoms with Crippen molar-refractivity contribution >= 4 is 11.9 Å². The van der Waals surface area contributed by atoms with Crippen LogP contribution in [0.15, 0.2) is 48.6 Å². The molecule has 0 rings (SSSR count). The van der Waals surface area contributed by atoms with Gasteiger partial charge in [0.05, 0.1) is 6.61 Å². The number of allylic oxidation sites excluding steroid dienone is 8. The molecule has 1 atom stereocenters. The molecule has 0 radical (unpaired) electrons. The van der Waals surface area contributed by atoms with Gasteiger partial charge in [-0.1, -0.05) is 140 Å². The summed E-state index contributed by atoms with van der Waals surface area (Å²) in [6.45, 7) is 3.99. The van der Waals surface area contributed by atoms with Crippen LogP contribution in [0, 0.1) is 0 Å². The maximum absolute atomic E-state index is 12.1. The first-order valence-electron chi connectivity index (χ1n) is 18.7. The molecular weight excluding hydrogens is 560 g/mol. The molecule has 0 spiro atoms. The van der Waals surface area contributed by atoms with Crippen LogP contribution in [0.25, 0.3) is 0 Å². The minimum absolute atomic E-state index is 0.0779. The first kappa shape index (κ1) is 42.9. The van der Waals surface area contributed by atoms with Crippen molar-refractivity contribution in [3.05, 3.63) is 48.6 Å². The van der Waals surface area contributed by atoms with Crippen LogP contribution in [0.3, 0.4) is 0 Å². The van der Waals surface area contributed by atoms with Gasteiger partial charge < -0.3 is 14.6 Å². The summed E-state index contributed by atoms with van der Waals surface area (Å²) in [5.41, 5.74) is 0. The highest BCUT2D eigenvalue weighted by atomic mass is 16.6. The summed E-state index contributed by atoms with van der Waals surface area (Å²) in [6.07, 6.45) is 44.5. The third-order valence-corrected chi connectivity index (χ3v) is 7.86. The Labute approximate surface area is 278 Å². The second kappa shape index (κ2) is 36.3. The van der Waals surface area contributed by atoms with Crippen LogP contribution in [-0.2, 0) is 19.1 Å². The van der Waals surface area contributed by atoms with Crippen molar-refractivity contribution in [2.24, 2.45) is 0 Å². The van der Waals surface area contributed by atoms with Crippen LogP contribution < -0.4 is 0 Å². The van der Waals surface area contributed by atoms with Crippen molar-refractivity contribution in [1.82, 2.24) is 0 Å². The highest BCUT2D eigenvalue weighted by Gasteiger charge is 2.16. The van der Waals surface area contributed by atoms with Crippen molar-refractivity contribution in [2.45, 2.75) is 180 Å². The molecule has 5 heteroatoms. The molecule has 0 saturated carbocycles. The number of rotatable bonds is 33. The predicted molar refractivity (Wildman–Crippen MR) is 191 cm³/mol. The summed E-state index contributed by atoms with van der Waals surface area (Å²) < 4.78 is 10.6. The summed E-state index contributed by atoms with van der Waals surface area (Å²) >= 11 is 0. The molecule has 0 saturated heterocycles. The minimum Gasteiger partial charge on any atom is -0.462 e. The van der Waals surface area contributed by atoms with E-state index >= 15 is 0 Å². The van der Waals surface area contributed by atoms with Gasteiger partial charge in [-0.2, -0.15) is 0 Å². The van der Waals surface area contributed by atoms with E-state index in [-0.39, 0.29) is 25.2 Å². The van der Waals surface area contributed by atoms with Gasteiger partial charge in [-0.3, -0.25) is 9.59 Å². The number of carbonyl (C=O) groups is 2. The van der Waals surface area contributed by atoms with Gasteiger partial charge in [0.25, 0.3) is 0 Å². The fourth-order valence-corrected chi connectivity index (χ4v) is 5.03. The van der Waals surface area contributed by atoms with Crippen LogP contribution in [0.2, 0.25) is 0 Å². The molecule has 0 aromatic heterocycles. The minimum atomic E-state index is -0.783. The van der Waals surface area contributed by atoms with E-state index in [0.717, 1.165) is 77.0 Å². The van der Waals surface area contributed by atoms with E-state index in [2.05, 4.69) is 62.5 Å². The Morgan fingerprint density at radius 2 is 0.956 bits per heavy atom. The zero-order chi connectivity index (χ0) is 32.9. The number of aliphatic hydroxyl groups is 1. The van der Waals surface area contributed by atoms with Crippen LogP contribution in [-0.4, -0.2) is 36.4 Å². The van der Waals surface area contributed by atoms with Crippen molar-refractivity contribution in [1.29, 1.82) is 0 Å². The SMILES string of the molecule is CC/C=C\C/C=C\C/C=C\CCCCCCCC(=O)OC(CO)COC(=O)CCCCCCC/C=C\CCCCCCCCC. The Morgan fingerprint density at radius 3 is 1.47 bits per heavy atom. The number of aliphatic hydroxyl groups excluding tert-OH is 1. The second-order valence-electron chi connectivity index (χ2n) is 12.3. The van der Waals surface area contributed by atoms with Gasteiger partial charge in [0.2, 0.25) is 0 Å². The molecule has 0 heterocycles. The Balaban J connectivity index is 3.61. The van der Waals surface area contributed by atoms with Crippen molar-refractivity contribution in [3.63, 3.8) is 0 Å². The summed E-state index contributed by atoms with van der Waals surface area (Å²) in [5.74, 6) is -0.622. The second-order valence-corrected chi connectivity index (χ2v) is 12.3. The highest BCUT2D eigenvalue weighted by molar-refractivity contribution is 5.70. The third kappa shape index (κ3) is 34.6. The summed E-state index contributed by atoms with van der Waals surface area (Å²) in [7, 11) is 0. The molecule has 0 fully saturated rings. The van der Waals surface area contributed by atoms with Crippen LogP contribution in [0.1, 0.15) is 174 Å². The van der Waals surface area contributed by atoms with E-state index in [4.69, 9.17) is 9.47 Å². The third-order valence-electron chi connectivity index (χ3n) is 7.86. The summed E-state index contributed by atoms with van der Waals surface area (Å²) in [4.78, 5) is 24.2. The molecule has 0 aliphatic heterocycles. The quantitative estimate of drug-likeness (QED) is 0.0444. The topological polar surface area (TPSA) is 72.8 Å². The number of unbranched alkanes of at least 4 members (excludes halogenated alkanes) is 17. The maximum Gasteiger partial charge on any atom is 0.306 e. The molecule has 0 amide bonds. The Bertz CT molecular complexity index is 767. The lowest BCUT2D eigenvalue weighted by molar-refractivity contribution is -0.161. The summed E-state index contributed by atoms with van der Waals surface area (Å²) in [6, 6.07) is 0. The van der Waals surface area contributed by atoms with E-state index in [1.165, 1.54) is 70.6 Å². The van der Waals surface area contributed by atoms with Crippen molar-refractivity contribution < 1.29 is 24.2 Å².